The van der Waals surface area contributed by atoms with E-state index in [0.717, 1.165) is 19.4 Å². The van der Waals surface area contributed by atoms with Gasteiger partial charge in [0.1, 0.15) is 17.1 Å². The normalized spacial score (nSPS) is 22.1. The lowest BCUT2D eigenvalue weighted by atomic mass is 9.94. The van der Waals surface area contributed by atoms with Gasteiger partial charge in [-0.05, 0) is 38.7 Å². The molecule has 6 heteroatoms. The van der Waals surface area contributed by atoms with Crippen molar-refractivity contribution in [3.05, 3.63) is 23.2 Å². The van der Waals surface area contributed by atoms with Crippen LogP contribution in [-0.4, -0.2) is 34.6 Å². The number of aryl methyl sites for hydroxylation is 1. The maximum Gasteiger partial charge on any atom is 0.339 e. The largest absolute Gasteiger partial charge is 0.478 e. The maximum absolute atomic E-state index is 12.2. The van der Waals surface area contributed by atoms with Crippen LogP contribution < -0.4 is 5.32 Å². The number of nitrogens with one attached hydrogen (secondary N) is 1. The number of carboxylic acid groups (broad SMARTS) is 1. The summed E-state index contributed by atoms with van der Waals surface area (Å²) < 4.78 is 5.34. The molecule has 0 aromatic carbocycles. The van der Waals surface area contributed by atoms with Crippen LogP contribution in [0.4, 0.5) is 4.79 Å². The molecule has 2 N–H and O–H groups in total. The lowest BCUT2D eigenvalue weighted by Crippen LogP contribution is -2.48. The lowest BCUT2D eigenvalue weighted by Gasteiger charge is -2.36. The molecule has 1 aliphatic heterocycles. The van der Waals surface area contributed by atoms with Gasteiger partial charge < -0.3 is 19.7 Å². The fourth-order valence-electron chi connectivity index (χ4n) is 2.82. The van der Waals surface area contributed by atoms with E-state index in [1.54, 1.807) is 6.92 Å². The summed E-state index contributed by atoms with van der Waals surface area (Å²) in [5.41, 5.74) is 0.138. The average molecular weight is 294 g/mol. The number of urea groups is 1. The summed E-state index contributed by atoms with van der Waals surface area (Å²) in [5, 5.41) is 11.8. The van der Waals surface area contributed by atoms with E-state index in [-0.39, 0.29) is 24.2 Å². The highest BCUT2D eigenvalue weighted by atomic mass is 16.4. The van der Waals surface area contributed by atoms with Gasteiger partial charge in [0.05, 0.1) is 6.54 Å². The van der Waals surface area contributed by atoms with Gasteiger partial charge in [-0.15, -0.1) is 0 Å². The molecule has 2 atom stereocenters. The molecule has 1 fully saturated rings. The van der Waals surface area contributed by atoms with E-state index in [1.807, 2.05) is 4.90 Å². The van der Waals surface area contributed by atoms with E-state index in [0.29, 0.717) is 17.4 Å². The second-order valence-electron chi connectivity index (χ2n) is 5.82. The molecular formula is C15H22N2O4. The van der Waals surface area contributed by atoms with Crippen LogP contribution in [-0.2, 0) is 6.54 Å². The molecule has 1 aromatic rings. The summed E-state index contributed by atoms with van der Waals surface area (Å²) in [6.07, 6.45) is 2.03. The summed E-state index contributed by atoms with van der Waals surface area (Å²) >= 11 is 0. The minimum absolute atomic E-state index is 0.125. The number of amides is 2. The van der Waals surface area contributed by atoms with Gasteiger partial charge in [-0.2, -0.15) is 0 Å². The number of aromatic carboxylic acids is 1. The van der Waals surface area contributed by atoms with Crippen molar-refractivity contribution in [2.24, 2.45) is 5.92 Å². The second kappa shape index (κ2) is 6.20. The Kier molecular flexibility index (Phi) is 4.55. The van der Waals surface area contributed by atoms with E-state index in [1.165, 1.54) is 6.07 Å². The maximum atomic E-state index is 12.2. The van der Waals surface area contributed by atoms with Crippen molar-refractivity contribution in [3.8, 4) is 0 Å². The molecule has 0 bridgehead atoms. The minimum Gasteiger partial charge on any atom is -0.478 e. The van der Waals surface area contributed by atoms with Gasteiger partial charge in [-0.25, -0.2) is 9.59 Å². The quantitative estimate of drug-likeness (QED) is 0.897. The van der Waals surface area contributed by atoms with Crippen molar-refractivity contribution in [3.63, 3.8) is 0 Å². The summed E-state index contributed by atoms with van der Waals surface area (Å²) in [6, 6.07) is 1.56. The van der Waals surface area contributed by atoms with E-state index >= 15 is 0 Å². The van der Waals surface area contributed by atoms with Gasteiger partial charge in [-0.1, -0.05) is 6.92 Å². The summed E-state index contributed by atoms with van der Waals surface area (Å²) in [4.78, 5) is 24.9. The van der Waals surface area contributed by atoms with Crippen molar-refractivity contribution in [1.82, 2.24) is 10.2 Å². The van der Waals surface area contributed by atoms with Crippen molar-refractivity contribution in [1.29, 1.82) is 0 Å². The highest BCUT2D eigenvalue weighted by molar-refractivity contribution is 5.88. The molecule has 0 radical (unpaired) electrons. The second-order valence-corrected chi connectivity index (χ2v) is 5.82. The predicted molar refractivity (Wildman–Crippen MR) is 77.2 cm³/mol. The topological polar surface area (TPSA) is 82.8 Å². The first kappa shape index (κ1) is 15.4. The SMILES string of the molecule is Cc1oc(CNC(=O)N2CCC(C)CC2C)cc1C(=O)O. The number of rotatable bonds is 3. The lowest BCUT2D eigenvalue weighted by molar-refractivity contribution is 0.0695. The molecule has 1 aliphatic rings. The van der Waals surface area contributed by atoms with Gasteiger partial charge in [0.15, 0.2) is 0 Å². The van der Waals surface area contributed by atoms with Crippen LogP contribution in [0.2, 0.25) is 0 Å². The standard InChI is InChI=1S/C15H22N2O4/c1-9-4-5-17(10(2)6-9)15(20)16-8-12-7-13(14(18)19)11(3)21-12/h7,9-10H,4-6,8H2,1-3H3,(H,16,20)(H,18,19). The van der Waals surface area contributed by atoms with Crippen LogP contribution in [0.3, 0.4) is 0 Å². The van der Waals surface area contributed by atoms with Crippen LogP contribution in [0.1, 0.15) is 48.6 Å². The van der Waals surface area contributed by atoms with Crippen LogP contribution in [0, 0.1) is 12.8 Å². The molecule has 0 aliphatic carbocycles. The third-order valence-electron chi connectivity index (χ3n) is 4.01. The van der Waals surface area contributed by atoms with E-state index in [2.05, 4.69) is 19.2 Å². The van der Waals surface area contributed by atoms with Crippen molar-refractivity contribution in [2.45, 2.75) is 46.2 Å². The summed E-state index contributed by atoms with van der Waals surface area (Å²) in [6.45, 7) is 6.81. The molecule has 21 heavy (non-hydrogen) atoms. The molecular weight excluding hydrogens is 272 g/mol. The van der Waals surface area contributed by atoms with E-state index in [4.69, 9.17) is 9.52 Å². The third kappa shape index (κ3) is 3.56. The zero-order chi connectivity index (χ0) is 15.6. The van der Waals surface area contributed by atoms with E-state index in [9.17, 15) is 9.59 Å². The Morgan fingerprint density at radius 2 is 2.19 bits per heavy atom. The fourth-order valence-corrected chi connectivity index (χ4v) is 2.82. The Labute approximate surface area is 124 Å². The fraction of sp³-hybridized carbons (Fsp3) is 0.600. The number of hydrogen-bond acceptors (Lipinski definition) is 3. The number of carboxylic acids is 1. The first-order chi connectivity index (χ1) is 9.88. The summed E-state index contributed by atoms with van der Waals surface area (Å²) in [7, 11) is 0. The van der Waals surface area contributed by atoms with Crippen LogP contribution >= 0.6 is 0 Å². The summed E-state index contributed by atoms with van der Waals surface area (Å²) in [5.74, 6) is 0.436. The highest BCUT2D eigenvalue weighted by Crippen LogP contribution is 2.22. The molecule has 1 saturated heterocycles. The first-order valence-corrected chi connectivity index (χ1v) is 7.25. The zero-order valence-electron chi connectivity index (χ0n) is 12.7. The molecule has 0 saturated carbocycles. The average Bonchev–Trinajstić information content (AvgIpc) is 2.77. The zero-order valence-corrected chi connectivity index (χ0v) is 12.7. The molecule has 2 rings (SSSR count). The Balaban J connectivity index is 1.92. The van der Waals surface area contributed by atoms with Crippen molar-refractivity contribution in [2.75, 3.05) is 6.54 Å². The molecule has 1 aromatic heterocycles. The van der Waals surface area contributed by atoms with Crippen molar-refractivity contribution < 1.29 is 19.1 Å². The van der Waals surface area contributed by atoms with Gasteiger partial charge in [0.2, 0.25) is 0 Å². The Bertz CT molecular complexity index is 538. The van der Waals surface area contributed by atoms with E-state index < -0.39 is 5.97 Å². The Morgan fingerprint density at radius 3 is 2.76 bits per heavy atom. The molecule has 2 amide bonds. The smallest absolute Gasteiger partial charge is 0.339 e. The number of piperidine rings is 1. The van der Waals surface area contributed by atoms with Gasteiger partial charge in [0, 0.05) is 12.6 Å². The molecule has 0 spiro atoms. The minimum atomic E-state index is -1.02. The number of carbonyl (C=O) groups is 2. The number of carbonyl (C=O) groups excluding carboxylic acids is 1. The van der Waals surface area contributed by atoms with Gasteiger partial charge in [0.25, 0.3) is 0 Å². The number of furan rings is 1. The van der Waals surface area contributed by atoms with Crippen molar-refractivity contribution >= 4 is 12.0 Å². The number of hydrogen-bond donors (Lipinski definition) is 2. The number of nitrogens with zero attached hydrogens (tertiary/aromatic N) is 1. The predicted octanol–water partition coefficient (Wildman–Crippen LogP) is 2.62. The molecule has 116 valence electrons. The molecule has 2 heterocycles. The van der Waals surface area contributed by atoms with Crippen LogP contribution in [0.5, 0.6) is 0 Å². The van der Waals surface area contributed by atoms with Gasteiger partial charge >= 0.3 is 12.0 Å². The van der Waals surface area contributed by atoms with Gasteiger partial charge in [-0.3, -0.25) is 0 Å². The monoisotopic (exact) mass is 294 g/mol. The Morgan fingerprint density at radius 1 is 1.48 bits per heavy atom. The Hall–Kier alpha value is -1.98. The third-order valence-corrected chi connectivity index (χ3v) is 4.01. The molecule has 6 nitrogen and oxygen atoms in total. The highest BCUT2D eigenvalue weighted by Gasteiger charge is 2.26. The van der Waals surface area contributed by atoms with Crippen LogP contribution in [0.15, 0.2) is 10.5 Å². The molecule has 2 unspecified atom stereocenters. The first-order valence-electron chi connectivity index (χ1n) is 7.25. The van der Waals surface area contributed by atoms with Crippen LogP contribution in [0.25, 0.3) is 0 Å². The number of likely N-dealkylation sites (tertiary alicyclic amines) is 1.